The molecule has 0 bridgehead atoms. The molecule has 0 atom stereocenters. The summed E-state index contributed by atoms with van der Waals surface area (Å²) in [5.41, 5.74) is 13.4. The van der Waals surface area contributed by atoms with E-state index in [1.54, 1.807) is 12.5 Å². The summed E-state index contributed by atoms with van der Waals surface area (Å²) in [6.07, 6.45) is 4.80. The van der Waals surface area contributed by atoms with Crippen LogP contribution in [0.25, 0.3) is 22.3 Å². The van der Waals surface area contributed by atoms with Gasteiger partial charge in [0.2, 0.25) is 0 Å². The number of fused-ring (bicyclic) bond motifs is 1. The second-order valence-electron chi connectivity index (χ2n) is 8.72. The molecule has 1 aromatic carbocycles. The molecule has 0 fully saturated rings. The molecule has 178 valence electrons. The zero-order valence-corrected chi connectivity index (χ0v) is 21.6. The molecule has 2 aliphatic rings. The number of imidazole rings is 1. The summed E-state index contributed by atoms with van der Waals surface area (Å²) in [5.74, 6) is 0.879. The maximum atomic E-state index is 13.1. The third kappa shape index (κ3) is 4.37. The highest BCUT2D eigenvalue weighted by atomic mass is 79.9. The van der Waals surface area contributed by atoms with E-state index in [0.29, 0.717) is 43.3 Å². The standard InChI is InChI=1S/C27H30BrN3O3/c1-5-23-30-22(13-16(3)4)26(27(32)34-6-2)31(23)14-19-17-11-12-33-15-20(17)25(28)24(19)18-9-7-8-10-21(18)29/h7-12,15-16H,5-6,13-14,29H2,1-4H3. The Morgan fingerprint density at radius 2 is 1.94 bits per heavy atom. The van der Waals surface area contributed by atoms with Crippen LogP contribution in [0.15, 0.2) is 51.7 Å². The number of carbonyl (C=O) groups is 1. The van der Waals surface area contributed by atoms with Crippen LogP contribution in [0.3, 0.4) is 0 Å². The molecule has 4 rings (SSSR count). The van der Waals surface area contributed by atoms with Crippen molar-refractivity contribution >= 4 is 27.6 Å². The van der Waals surface area contributed by atoms with Crippen molar-refractivity contribution in [2.24, 2.45) is 5.92 Å². The van der Waals surface area contributed by atoms with Crippen LogP contribution in [0.1, 0.15) is 55.3 Å². The second-order valence-corrected chi connectivity index (χ2v) is 9.51. The van der Waals surface area contributed by atoms with Crippen LogP contribution >= 0.6 is 15.9 Å². The first-order valence-corrected chi connectivity index (χ1v) is 12.4. The maximum absolute atomic E-state index is 13.1. The van der Waals surface area contributed by atoms with E-state index in [1.807, 2.05) is 41.8 Å². The van der Waals surface area contributed by atoms with Gasteiger partial charge in [0, 0.05) is 33.3 Å². The number of nitrogen functional groups attached to an aromatic ring is 1. The van der Waals surface area contributed by atoms with Gasteiger partial charge < -0.3 is 19.5 Å². The fourth-order valence-electron chi connectivity index (χ4n) is 4.48. The first-order valence-electron chi connectivity index (χ1n) is 11.6. The number of para-hydroxylation sites is 1. The Kier molecular flexibility index (Phi) is 7.12. The van der Waals surface area contributed by atoms with Crippen molar-refractivity contribution in [3.63, 3.8) is 0 Å². The number of hydrogen-bond donors (Lipinski definition) is 1. The van der Waals surface area contributed by atoms with E-state index in [2.05, 4.69) is 36.7 Å². The lowest BCUT2D eigenvalue weighted by Crippen LogP contribution is -2.17. The van der Waals surface area contributed by atoms with Crippen molar-refractivity contribution in [2.75, 3.05) is 12.3 Å². The summed E-state index contributed by atoms with van der Waals surface area (Å²) >= 11 is 3.80. The van der Waals surface area contributed by atoms with Gasteiger partial charge in [0.25, 0.3) is 0 Å². The summed E-state index contributed by atoms with van der Waals surface area (Å²) in [4.78, 5) is 18.0. The van der Waals surface area contributed by atoms with E-state index >= 15 is 0 Å². The van der Waals surface area contributed by atoms with Gasteiger partial charge in [-0.1, -0.05) is 39.0 Å². The van der Waals surface area contributed by atoms with Crippen molar-refractivity contribution in [2.45, 2.75) is 47.1 Å². The monoisotopic (exact) mass is 523 g/mol. The summed E-state index contributed by atoms with van der Waals surface area (Å²) < 4.78 is 13.9. The lowest BCUT2D eigenvalue weighted by atomic mass is 10.0. The zero-order valence-electron chi connectivity index (χ0n) is 20.0. The number of nitrogens with zero attached hydrogens (tertiary/aromatic N) is 2. The predicted octanol–water partition coefficient (Wildman–Crippen LogP) is 6.58. The van der Waals surface area contributed by atoms with Crippen molar-refractivity contribution in [1.29, 1.82) is 0 Å². The van der Waals surface area contributed by atoms with Gasteiger partial charge >= 0.3 is 5.97 Å². The van der Waals surface area contributed by atoms with Crippen molar-refractivity contribution < 1.29 is 13.9 Å². The van der Waals surface area contributed by atoms with Crippen molar-refractivity contribution in [3.8, 4) is 22.3 Å². The van der Waals surface area contributed by atoms with Gasteiger partial charge in [-0.25, -0.2) is 9.78 Å². The Morgan fingerprint density at radius 3 is 2.62 bits per heavy atom. The largest absolute Gasteiger partial charge is 0.472 e. The molecule has 7 heteroatoms. The number of anilines is 1. The highest BCUT2D eigenvalue weighted by Gasteiger charge is 2.29. The zero-order chi connectivity index (χ0) is 24.4. The molecule has 0 spiro atoms. The van der Waals surface area contributed by atoms with E-state index in [0.717, 1.165) is 43.8 Å². The molecule has 0 radical (unpaired) electrons. The van der Waals surface area contributed by atoms with Gasteiger partial charge in [0.1, 0.15) is 5.82 Å². The maximum Gasteiger partial charge on any atom is 0.356 e. The van der Waals surface area contributed by atoms with E-state index < -0.39 is 0 Å². The van der Waals surface area contributed by atoms with E-state index in [-0.39, 0.29) is 5.97 Å². The normalized spacial score (nSPS) is 11.5. The topological polar surface area (TPSA) is 83.3 Å². The number of aryl methyl sites for hydroxylation is 1. The van der Waals surface area contributed by atoms with E-state index in [4.69, 9.17) is 19.9 Å². The number of aromatic nitrogens is 2. The van der Waals surface area contributed by atoms with Gasteiger partial charge in [0.05, 0.1) is 31.4 Å². The number of benzene rings is 1. The molecule has 34 heavy (non-hydrogen) atoms. The molecule has 0 saturated heterocycles. The SMILES string of the molecule is CCOC(=O)c1c(CC(C)C)nc(CC)n1Cc1c2ccocc-2c(Br)c1-c1ccccc1N. The summed E-state index contributed by atoms with van der Waals surface area (Å²) in [7, 11) is 0. The Hall–Kier alpha value is -3.06. The quantitative estimate of drug-likeness (QED) is 0.208. The predicted molar refractivity (Wildman–Crippen MR) is 138 cm³/mol. The van der Waals surface area contributed by atoms with Gasteiger partial charge in [-0.3, -0.25) is 0 Å². The molecule has 2 aromatic rings. The molecule has 0 amide bonds. The summed E-state index contributed by atoms with van der Waals surface area (Å²) in [5, 5.41) is 0. The molecular formula is C27H30BrN3O3. The lowest BCUT2D eigenvalue weighted by Gasteiger charge is -2.15. The third-order valence-corrected chi connectivity index (χ3v) is 6.75. The minimum absolute atomic E-state index is 0.310. The molecule has 1 aliphatic carbocycles. The molecule has 1 aromatic heterocycles. The Labute approximate surface area is 208 Å². The van der Waals surface area contributed by atoms with Crippen LogP contribution in [0.4, 0.5) is 5.69 Å². The summed E-state index contributed by atoms with van der Waals surface area (Å²) in [6.45, 7) is 8.90. The van der Waals surface area contributed by atoms with Gasteiger partial charge in [0.15, 0.2) is 5.69 Å². The number of hydrogen-bond acceptors (Lipinski definition) is 5. The van der Waals surface area contributed by atoms with Crippen LogP contribution in [0.2, 0.25) is 0 Å². The van der Waals surface area contributed by atoms with Crippen molar-refractivity contribution in [3.05, 3.63) is 70.1 Å². The van der Waals surface area contributed by atoms with Gasteiger partial charge in [-0.15, -0.1) is 0 Å². The number of nitrogens with two attached hydrogens (primary N) is 1. The Bertz CT molecular complexity index is 1290. The number of halogens is 1. The average Bonchev–Trinajstić information content (AvgIpc) is 3.29. The first-order chi connectivity index (χ1) is 16.4. The number of carbonyl (C=O) groups excluding carboxylic acids is 1. The molecule has 1 aliphatic heterocycles. The fraction of sp³-hybridized carbons (Fsp3) is 0.333. The lowest BCUT2D eigenvalue weighted by molar-refractivity contribution is 0.0512. The molecular weight excluding hydrogens is 494 g/mol. The smallest absolute Gasteiger partial charge is 0.356 e. The molecule has 0 saturated carbocycles. The molecule has 0 unspecified atom stereocenters. The third-order valence-electron chi connectivity index (χ3n) is 5.92. The average molecular weight is 524 g/mol. The van der Waals surface area contributed by atoms with Gasteiger partial charge in [-0.05, 0) is 58.5 Å². The number of rotatable bonds is 8. The minimum atomic E-state index is -0.337. The summed E-state index contributed by atoms with van der Waals surface area (Å²) in [6, 6.07) is 9.77. The van der Waals surface area contributed by atoms with Crippen LogP contribution < -0.4 is 5.73 Å². The first kappa shape index (κ1) is 24.1. The molecule has 2 heterocycles. The second kappa shape index (κ2) is 10.1. The number of esters is 1. The van der Waals surface area contributed by atoms with Crippen LogP contribution in [-0.4, -0.2) is 22.1 Å². The van der Waals surface area contributed by atoms with Crippen LogP contribution in [-0.2, 0) is 24.1 Å². The highest BCUT2D eigenvalue weighted by Crippen LogP contribution is 2.47. The van der Waals surface area contributed by atoms with Crippen molar-refractivity contribution in [1.82, 2.24) is 9.55 Å². The minimum Gasteiger partial charge on any atom is -0.472 e. The Balaban J connectivity index is 1.96. The van der Waals surface area contributed by atoms with E-state index in [9.17, 15) is 4.79 Å². The molecule has 2 N–H and O–H groups in total. The van der Waals surface area contributed by atoms with Gasteiger partial charge in [-0.2, -0.15) is 0 Å². The van der Waals surface area contributed by atoms with Crippen LogP contribution in [0.5, 0.6) is 0 Å². The Morgan fingerprint density at radius 1 is 1.18 bits per heavy atom. The molecule has 6 nitrogen and oxygen atoms in total. The highest BCUT2D eigenvalue weighted by molar-refractivity contribution is 9.10. The number of ether oxygens (including phenoxy) is 1. The fourth-order valence-corrected chi connectivity index (χ4v) is 5.24. The van der Waals surface area contributed by atoms with E-state index in [1.165, 1.54) is 0 Å². The van der Waals surface area contributed by atoms with Crippen LogP contribution in [0, 0.1) is 5.92 Å².